The summed E-state index contributed by atoms with van der Waals surface area (Å²) in [7, 11) is 4.68. The Balaban J connectivity index is 1.89. The van der Waals surface area contributed by atoms with Crippen LogP contribution in [-0.2, 0) is 27.2 Å². The number of ether oxygens (including phenoxy) is 3. The van der Waals surface area contributed by atoms with Gasteiger partial charge in [-0.15, -0.1) is 0 Å². The molecule has 1 aromatic carbocycles. The molecule has 3 aromatic rings. The van der Waals surface area contributed by atoms with Gasteiger partial charge < -0.3 is 19.2 Å². The van der Waals surface area contributed by atoms with E-state index in [-0.39, 0.29) is 11.9 Å². The third-order valence-electron chi connectivity index (χ3n) is 6.10. The summed E-state index contributed by atoms with van der Waals surface area (Å²) in [6, 6.07) is 8.19. The van der Waals surface area contributed by atoms with Crippen molar-refractivity contribution in [1.29, 1.82) is 0 Å². The Kier molecular flexibility index (Phi) is 5.18. The molecule has 1 aliphatic heterocycles. The number of nitrogens with zero attached hydrogens (tertiary/aromatic N) is 1. The molecule has 2 aromatic heterocycles. The maximum atomic E-state index is 12.5. The summed E-state index contributed by atoms with van der Waals surface area (Å²) in [5, 5.41) is 2.22. The summed E-state index contributed by atoms with van der Waals surface area (Å²) in [4.78, 5) is 16.0. The van der Waals surface area contributed by atoms with Gasteiger partial charge in [-0.25, -0.2) is 9.36 Å². The van der Waals surface area contributed by atoms with Crippen molar-refractivity contribution in [3.8, 4) is 5.75 Å². The van der Waals surface area contributed by atoms with Crippen molar-refractivity contribution in [3.05, 3.63) is 48.0 Å². The van der Waals surface area contributed by atoms with Crippen LogP contribution in [0.5, 0.6) is 5.75 Å². The van der Waals surface area contributed by atoms with Crippen molar-refractivity contribution in [2.24, 2.45) is 11.8 Å². The van der Waals surface area contributed by atoms with Crippen LogP contribution >= 0.6 is 0 Å². The minimum atomic E-state index is -0.325. The van der Waals surface area contributed by atoms with Crippen molar-refractivity contribution in [2.45, 2.75) is 26.3 Å². The third kappa shape index (κ3) is 3.12. The Labute approximate surface area is 170 Å². The summed E-state index contributed by atoms with van der Waals surface area (Å²) >= 11 is 0. The molecule has 4 rings (SSSR count). The van der Waals surface area contributed by atoms with Crippen LogP contribution in [0.4, 0.5) is 0 Å². The minimum absolute atomic E-state index is 0.0336. The average Bonchev–Trinajstić information content (AvgIpc) is 3.15. The molecule has 1 N–H and O–H groups in total. The summed E-state index contributed by atoms with van der Waals surface area (Å²) in [5.74, 6) is 0.886. The number of methoxy groups -OCH3 is 3. The molecule has 0 saturated carbocycles. The second-order valence-electron chi connectivity index (χ2n) is 7.49. The molecule has 0 saturated heterocycles. The van der Waals surface area contributed by atoms with Gasteiger partial charge in [-0.3, -0.25) is 0 Å². The van der Waals surface area contributed by atoms with Gasteiger partial charge in [0.25, 0.3) is 0 Å². The lowest BCUT2D eigenvalue weighted by Crippen LogP contribution is -2.49. The highest BCUT2D eigenvalue weighted by Gasteiger charge is 2.39. The fourth-order valence-corrected chi connectivity index (χ4v) is 4.66. The zero-order valence-electron chi connectivity index (χ0n) is 17.3. The van der Waals surface area contributed by atoms with Gasteiger partial charge >= 0.3 is 5.97 Å². The van der Waals surface area contributed by atoms with E-state index in [1.54, 1.807) is 20.5 Å². The Morgan fingerprint density at radius 3 is 2.79 bits per heavy atom. The Morgan fingerprint density at radius 2 is 2.10 bits per heavy atom. The van der Waals surface area contributed by atoms with Crippen molar-refractivity contribution in [1.82, 2.24) is 4.98 Å². The molecule has 29 heavy (non-hydrogen) atoms. The molecule has 0 fully saturated rings. The molecule has 6 heteroatoms. The van der Waals surface area contributed by atoms with E-state index in [0.717, 1.165) is 46.9 Å². The normalized spacial score (nSPS) is 19.2. The summed E-state index contributed by atoms with van der Waals surface area (Å²) in [6.45, 7) is 3.01. The number of H-pyrrole nitrogens is 1. The quantitative estimate of drug-likeness (QED) is 0.311. The predicted molar refractivity (Wildman–Crippen MR) is 111 cm³/mol. The summed E-state index contributed by atoms with van der Waals surface area (Å²) in [6.07, 6.45) is 5.39. The third-order valence-corrected chi connectivity index (χ3v) is 6.10. The molecule has 0 unspecified atom stereocenters. The van der Waals surface area contributed by atoms with Crippen LogP contribution in [-0.4, -0.2) is 32.3 Å². The van der Waals surface area contributed by atoms with Crippen LogP contribution in [0.15, 0.2) is 42.3 Å². The molecule has 0 amide bonds. The van der Waals surface area contributed by atoms with Gasteiger partial charge in [0.2, 0.25) is 5.69 Å². The number of rotatable bonds is 5. The lowest BCUT2D eigenvalue weighted by Gasteiger charge is -2.29. The Bertz CT molecular complexity index is 1100. The first-order valence-corrected chi connectivity index (χ1v) is 9.93. The topological polar surface area (TPSA) is 64.4 Å². The van der Waals surface area contributed by atoms with Gasteiger partial charge in [-0.2, -0.15) is 0 Å². The van der Waals surface area contributed by atoms with Crippen molar-refractivity contribution in [2.75, 3.05) is 21.3 Å². The molecular formula is C23H27N2O4+. The van der Waals surface area contributed by atoms with E-state index in [1.165, 1.54) is 12.8 Å². The van der Waals surface area contributed by atoms with E-state index in [0.29, 0.717) is 11.5 Å². The SMILES string of the molecule is CC[C@@H]1C[n+]2ccc3c([nH]c4cccc(OC)c43)c2C[C@@H]1/C(=C\OC)C(=O)OC. The van der Waals surface area contributed by atoms with Gasteiger partial charge in [0.1, 0.15) is 11.3 Å². The highest BCUT2D eigenvalue weighted by atomic mass is 16.5. The number of esters is 1. The number of hydrogen-bond acceptors (Lipinski definition) is 4. The van der Waals surface area contributed by atoms with Crippen LogP contribution in [0.25, 0.3) is 21.8 Å². The standard InChI is InChI=1S/C23H26N2O4/c1-5-14-12-25-10-9-15-21-18(7-6-8-20(21)28-3)24-22(15)19(25)11-16(14)17(13-27-2)23(26)29-4/h6-10,13-14,16H,5,11-12H2,1-4H3/p+1/b17-13+/t14-,16+/m1/s1. The number of hydrogen-bond donors (Lipinski definition) is 1. The average molecular weight is 395 g/mol. The maximum Gasteiger partial charge on any atom is 0.337 e. The molecule has 1 aliphatic rings. The zero-order chi connectivity index (χ0) is 20.5. The van der Waals surface area contributed by atoms with Crippen LogP contribution < -0.4 is 9.30 Å². The number of fused-ring (bicyclic) bond motifs is 5. The van der Waals surface area contributed by atoms with E-state index in [2.05, 4.69) is 34.8 Å². The number of aromatic nitrogens is 2. The van der Waals surface area contributed by atoms with Gasteiger partial charge in [-0.1, -0.05) is 13.0 Å². The number of pyridine rings is 1. The fraction of sp³-hybridized carbons (Fsp3) is 0.391. The molecule has 152 valence electrons. The zero-order valence-corrected chi connectivity index (χ0v) is 17.3. The molecule has 0 spiro atoms. The number of benzene rings is 1. The van der Waals surface area contributed by atoms with E-state index in [1.807, 2.05) is 12.1 Å². The smallest absolute Gasteiger partial charge is 0.337 e. The van der Waals surface area contributed by atoms with Crippen LogP contribution in [0.2, 0.25) is 0 Å². The minimum Gasteiger partial charge on any atom is -0.504 e. The first-order valence-electron chi connectivity index (χ1n) is 9.93. The maximum absolute atomic E-state index is 12.5. The molecule has 2 atom stereocenters. The van der Waals surface area contributed by atoms with Crippen LogP contribution in [0.3, 0.4) is 0 Å². The Hall–Kier alpha value is -3.02. The van der Waals surface area contributed by atoms with Crippen LogP contribution in [0, 0.1) is 11.8 Å². The van der Waals surface area contributed by atoms with Crippen molar-refractivity contribution >= 4 is 27.8 Å². The van der Waals surface area contributed by atoms with Crippen molar-refractivity contribution in [3.63, 3.8) is 0 Å². The first kappa shape index (κ1) is 19.3. The van der Waals surface area contributed by atoms with Crippen molar-refractivity contribution < 1.29 is 23.6 Å². The van der Waals surface area contributed by atoms with E-state index in [4.69, 9.17) is 14.2 Å². The van der Waals surface area contributed by atoms with Gasteiger partial charge in [-0.05, 0) is 18.6 Å². The van der Waals surface area contributed by atoms with E-state index >= 15 is 0 Å². The van der Waals surface area contributed by atoms with Gasteiger partial charge in [0.05, 0.1) is 38.7 Å². The van der Waals surface area contributed by atoms with E-state index < -0.39 is 0 Å². The van der Waals surface area contributed by atoms with Crippen LogP contribution in [0.1, 0.15) is 19.0 Å². The Morgan fingerprint density at radius 1 is 1.28 bits per heavy atom. The first-order chi connectivity index (χ1) is 14.1. The molecule has 0 aliphatic carbocycles. The number of nitrogens with one attached hydrogen (secondary N) is 1. The highest BCUT2D eigenvalue weighted by Crippen LogP contribution is 2.37. The monoisotopic (exact) mass is 395 g/mol. The second kappa shape index (κ2) is 7.78. The molecular weight excluding hydrogens is 368 g/mol. The second-order valence-corrected chi connectivity index (χ2v) is 7.49. The summed E-state index contributed by atoms with van der Waals surface area (Å²) < 4.78 is 18.2. The number of carbonyl (C=O) groups excluding carboxylic acids is 1. The van der Waals surface area contributed by atoms with E-state index in [9.17, 15) is 4.79 Å². The fourth-order valence-electron chi connectivity index (χ4n) is 4.66. The predicted octanol–water partition coefficient (Wildman–Crippen LogP) is 3.52. The van der Waals surface area contributed by atoms with Gasteiger partial charge in [0, 0.05) is 35.1 Å². The summed E-state index contributed by atoms with van der Waals surface area (Å²) in [5.41, 5.74) is 3.91. The largest absolute Gasteiger partial charge is 0.504 e. The molecule has 6 nitrogen and oxygen atoms in total. The van der Waals surface area contributed by atoms with Gasteiger partial charge in [0.15, 0.2) is 12.7 Å². The molecule has 0 radical (unpaired) electrons. The number of aromatic amines is 1. The lowest BCUT2D eigenvalue weighted by molar-refractivity contribution is -0.716. The number of carbonyl (C=O) groups is 1. The lowest BCUT2D eigenvalue weighted by atomic mass is 9.78. The molecule has 0 bridgehead atoms. The molecule has 3 heterocycles. The highest BCUT2D eigenvalue weighted by molar-refractivity contribution is 6.10.